The van der Waals surface area contributed by atoms with E-state index in [1.165, 1.54) is 0 Å². The number of furan rings is 1. The van der Waals surface area contributed by atoms with Crippen LogP contribution >= 0.6 is 11.3 Å². The summed E-state index contributed by atoms with van der Waals surface area (Å²) < 4.78 is 11.0. The number of thiophene rings is 1. The molecule has 3 aromatic heterocycles. The van der Waals surface area contributed by atoms with Crippen LogP contribution in [-0.2, 0) is 17.8 Å². The van der Waals surface area contributed by atoms with Gasteiger partial charge in [-0.1, -0.05) is 27.7 Å². The summed E-state index contributed by atoms with van der Waals surface area (Å²) in [4.78, 5) is 24.0. The zero-order valence-corrected chi connectivity index (χ0v) is 18.9. The van der Waals surface area contributed by atoms with Gasteiger partial charge in [-0.2, -0.15) is 0 Å². The van der Waals surface area contributed by atoms with Crippen molar-refractivity contribution in [1.29, 1.82) is 0 Å². The Morgan fingerprint density at radius 3 is 2.73 bits per heavy atom. The van der Waals surface area contributed by atoms with E-state index in [4.69, 9.17) is 9.15 Å². The van der Waals surface area contributed by atoms with Crippen molar-refractivity contribution < 1.29 is 14.3 Å². The minimum atomic E-state index is -0.650. The average Bonchev–Trinajstić information content (AvgIpc) is 3.31. The van der Waals surface area contributed by atoms with E-state index in [9.17, 15) is 9.90 Å². The van der Waals surface area contributed by atoms with Crippen LogP contribution in [0.1, 0.15) is 50.1 Å². The minimum absolute atomic E-state index is 0.128. The van der Waals surface area contributed by atoms with Gasteiger partial charge in [-0.3, -0.25) is 9.69 Å². The predicted molar refractivity (Wildman–Crippen MR) is 119 cm³/mol. The summed E-state index contributed by atoms with van der Waals surface area (Å²) in [6.45, 7) is 10.5. The average molecular weight is 434 g/mol. The second kappa shape index (κ2) is 10.3. The number of nitrogens with zero attached hydrogens (tertiary/aromatic N) is 2. The minimum Gasteiger partial charge on any atom is -0.468 e. The first-order valence-electron chi connectivity index (χ1n) is 10.3. The molecule has 3 aromatic rings. The topological polar surface area (TPSA) is 91.6 Å². The zero-order chi connectivity index (χ0) is 21.7. The van der Waals surface area contributed by atoms with Crippen molar-refractivity contribution >= 4 is 21.6 Å². The quantitative estimate of drug-likeness (QED) is 0.479. The highest BCUT2D eigenvalue weighted by molar-refractivity contribution is 7.18. The van der Waals surface area contributed by atoms with Gasteiger partial charge in [0.1, 0.15) is 16.4 Å². The number of rotatable bonds is 11. The first kappa shape index (κ1) is 22.7. The molecule has 0 fully saturated rings. The van der Waals surface area contributed by atoms with Crippen LogP contribution in [0, 0.1) is 5.92 Å². The summed E-state index contributed by atoms with van der Waals surface area (Å²) in [7, 11) is 0. The molecule has 164 valence electrons. The Kier molecular flexibility index (Phi) is 7.82. The van der Waals surface area contributed by atoms with Gasteiger partial charge in [-0.25, -0.2) is 4.98 Å². The number of hydrogen-bond acceptors (Lipinski definition) is 7. The van der Waals surface area contributed by atoms with Crippen molar-refractivity contribution in [3.05, 3.63) is 51.3 Å². The van der Waals surface area contributed by atoms with Gasteiger partial charge in [0.05, 0.1) is 37.4 Å². The summed E-state index contributed by atoms with van der Waals surface area (Å²) in [6, 6.07) is 5.65. The third-order valence-corrected chi connectivity index (χ3v) is 5.93. The third kappa shape index (κ3) is 6.25. The van der Waals surface area contributed by atoms with Crippen molar-refractivity contribution in [3.63, 3.8) is 0 Å². The van der Waals surface area contributed by atoms with Gasteiger partial charge in [0.25, 0.3) is 5.56 Å². The largest absolute Gasteiger partial charge is 0.468 e. The molecular formula is C22H31N3O4S. The maximum Gasteiger partial charge on any atom is 0.259 e. The summed E-state index contributed by atoms with van der Waals surface area (Å²) in [6.07, 6.45) is 0.976. The summed E-state index contributed by atoms with van der Waals surface area (Å²) in [5.74, 6) is 2.13. The monoisotopic (exact) mass is 433 g/mol. The molecule has 0 amide bonds. The van der Waals surface area contributed by atoms with Gasteiger partial charge in [0, 0.05) is 18.0 Å². The first-order chi connectivity index (χ1) is 14.3. The van der Waals surface area contributed by atoms with Crippen LogP contribution in [0.25, 0.3) is 10.2 Å². The second-order valence-corrected chi connectivity index (χ2v) is 9.43. The second-order valence-electron chi connectivity index (χ2n) is 8.37. The van der Waals surface area contributed by atoms with Crippen LogP contribution in [0.5, 0.6) is 0 Å². The van der Waals surface area contributed by atoms with Crippen LogP contribution in [0.15, 0.2) is 33.7 Å². The predicted octanol–water partition coefficient (Wildman–Crippen LogP) is 3.74. The Balaban J connectivity index is 1.75. The molecule has 0 aromatic carbocycles. The Morgan fingerprint density at radius 2 is 2.07 bits per heavy atom. The highest BCUT2D eigenvalue weighted by atomic mass is 32.1. The zero-order valence-electron chi connectivity index (χ0n) is 18.1. The molecule has 0 saturated carbocycles. The molecule has 0 aliphatic rings. The standard InChI is InChI=1S/C22H31N3O4S/c1-14(2)12-28-13-16(26)9-25(10-17-6-5-7-29-17)11-20-23-21(27)18-8-19(15(3)4)30-22(18)24-20/h5-8,14-16,26H,9-13H2,1-4H3,(H,23,24,27)/t16-/m1/s1. The highest BCUT2D eigenvalue weighted by Crippen LogP contribution is 2.27. The molecule has 0 saturated heterocycles. The lowest BCUT2D eigenvalue weighted by molar-refractivity contribution is 0.00421. The number of aliphatic hydroxyl groups excluding tert-OH is 1. The van der Waals surface area contributed by atoms with Crippen molar-refractivity contribution in [3.8, 4) is 0 Å². The molecule has 0 radical (unpaired) electrons. The Hall–Kier alpha value is -2.00. The molecule has 3 heterocycles. The lowest BCUT2D eigenvalue weighted by atomic mass is 10.2. The third-order valence-electron chi connectivity index (χ3n) is 4.60. The lowest BCUT2D eigenvalue weighted by Gasteiger charge is -2.24. The van der Waals surface area contributed by atoms with E-state index in [0.717, 1.165) is 15.5 Å². The molecule has 0 spiro atoms. The molecule has 0 aliphatic carbocycles. The fourth-order valence-corrected chi connectivity index (χ4v) is 4.22. The maximum atomic E-state index is 12.6. The molecule has 1 atom stereocenters. The SMILES string of the molecule is CC(C)COC[C@H](O)CN(Cc1nc2sc(C(C)C)cc2c(=O)[nH]1)Cc1ccco1. The van der Waals surface area contributed by atoms with Gasteiger partial charge in [0.15, 0.2) is 0 Å². The van der Waals surface area contributed by atoms with Gasteiger partial charge >= 0.3 is 0 Å². The van der Waals surface area contributed by atoms with Crippen molar-refractivity contribution in [1.82, 2.24) is 14.9 Å². The number of ether oxygens (including phenoxy) is 1. The normalized spacial score (nSPS) is 13.2. The van der Waals surface area contributed by atoms with Crippen LogP contribution in [0.2, 0.25) is 0 Å². The molecule has 7 nitrogen and oxygen atoms in total. The summed E-state index contributed by atoms with van der Waals surface area (Å²) >= 11 is 1.56. The van der Waals surface area contributed by atoms with E-state index < -0.39 is 6.10 Å². The van der Waals surface area contributed by atoms with E-state index in [2.05, 4.69) is 37.7 Å². The molecule has 0 bridgehead atoms. The van der Waals surface area contributed by atoms with E-state index >= 15 is 0 Å². The number of nitrogens with one attached hydrogen (secondary N) is 1. The number of aromatic amines is 1. The van der Waals surface area contributed by atoms with E-state index in [1.54, 1.807) is 17.6 Å². The Labute approximate surface area is 180 Å². The van der Waals surface area contributed by atoms with Crippen molar-refractivity contribution in [2.45, 2.75) is 52.8 Å². The van der Waals surface area contributed by atoms with Crippen molar-refractivity contribution in [2.75, 3.05) is 19.8 Å². The van der Waals surface area contributed by atoms with Gasteiger partial charge in [-0.15, -0.1) is 11.3 Å². The van der Waals surface area contributed by atoms with Gasteiger partial charge in [0.2, 0.25) is 0 Å². The summed E-state index contributed by atoms with van der Waals surface area (Å²) in [5.41, 5.74) is -0.128. The molecule has 3 rings (SSSR count). The van der Waals surface area contributed by atoms with Crippen LogP contribution < -0.4 is 5.56 Å². The number of fused-ring (bicyclic) bond motifs is 1. The number of hydrogen-bond donors (Lipinski definition) is 2. The maximum absolute atomic E-state index is 12.6. The Bertz CT molecular complexity index is 978. The van der Waals surface area contributed by atoms with E-state index in [-0.39, 0.29) is 12.2 Å². The number of H-pyrrole nitrogens is 1. The van der Waals surface area contributed by atoms with Crippen LogP contribution in [0.4, 0.5) is 0 Å². The van der Waals surface area contributed by atoms with Gasteiger partial charge < -0.3 is 19.2 Å². The lowest BCUT2D eigenvalue weighted by Crippen LogP contribution is -2.35. The number of aromatic nitrogens is 2. The van der Waals surface area contributed by atoms with Crippen LogP contribution in [-0.4, -0.2) is 45.8 Å². The fraction of sp³-hybridized carbons (Fsp3) is 0.545. The molecule has 2 N–H and O–H groups in total. The molecule has 30 heavy (non-hydrogen) atoms. The molecule has 8 heteroatoms. The highest BCUT2D eigenvalue weighted by Gasteiger charge is 2.17. The number of aliphatic hydroxyl groups is 1. The van der Waals surface area contributed by atoms with Gasteiger partial charge in [-0.05, 0) is 30.0 Å². The molecule has 0 aliphatic heterocycles. The summed E-state index contributed by atoms with van der Waals surface area (Å²) in [5, 5.41) is 11.1. The fourth-order valence-electron chi connectivity index (χ4n) is 3.16. The smallest absolute Gasteiger partial charge is 0.259 e. The molecule has 0 unspecified atom stereocenters. The van der Waals surface area contributed by atoms with E-state index in [1.807, 2.05) is 23.1 Å². The first-order valence-corrected chi connectivity index (χ1v) is 11.2. The van der Waals surface area contributed by atoms with Crippen LogP contribution in [0.3, 0.4) is 0 Å². The van der Waals surface area contributed by atoms with E-state index in [0.29, 0.717) is 49.3 Å². The van der Waals surface area contributed by atoms with Crippen molar-refractivity contribution in [2.24, 2.45) is 5.92 Å². The Morgan fingerprint density at radius 1 is 1.27 bits per heavy atom. The molecular weight excluding hydrogens is 402 g/mol.